The van der Waals surface area contributed by atoms with Gasteiger partial charge in [0.05, 0.1) is 0 Å². The van der Waals surface area contributed by atoms with E-state index in [-0.39, 0.29) is 0 Å². The van der Waals surface area contributed by atoms with Crippen LogP contribution in [0, 0.1) is 5.92 Å². The van der Waals surface area contributed by atoms with Crippen molar-refractivity contribution >= 4 is 11.6 Å². The molecule has 1 N–H and O–H groups in total. The highest BCUT2D eigenvalue weighted by atomic mass is 35.5. The molecule has 1 aliphatic heterocycles. The van der Waals surface area contributed by atoms with Gasteiger partial charge in [-0.2, -0.15) is 0 Å². The van der Waals surface area contributed by atoms with Crippen molar-refractivity contribution in [2.45, 2.75) is 32.4 Å². The van der Waals surface area contributed by atoms with Crippen LogP contribution >= 0.6 is 11.6 Å². The van der Waals surface area contributed by atoms with Crippen molar-refractivity contribution < 1.29 is 0 Å². The lowest BCUT2D eigenvalue weighted by molar-refractivity contribution is 0.212. The normalized spacial score (nSPS) is 24.4. The second kappa shape index (κ2) is 6.55. The summed E-state index contributed by atoms with van der Waals surface area (Å²) in [5.74, 6) is 0.784. The van der Waals surface area contributed by atoms with E-state index >= 15 is 0 Å². The zero-order chi connectivity index (χ0) is 13.0. The first kappa shape index (κ1) is 13.9. The van der Waals surface area contributed by atoms with Gasteiger partial charge in [0.1, 0.15) is 0 Å². The van der Waals surface area contributed by atoms with E-state index < -0.39 is 0 Å². The highest BCUT2D eigenvalue weighted by molar-refractivity contribution is 6.30. The summed E-state index contributed by atoms with van der Waals surface area (Å²) in [6.45, 7) is 5.63. The Balaban J connectivity index is 1.84. The summed E-state index contributed by atoms with van der Waals surface area (Å²) in [4.78, 5) is 2.39. The summed E-state index contributed by atoms with van der Waals surface area (Å²) in [5, 5.41) is 4.44. The highest BCUT2D eigenvalue weighted by Crippen LogP contribution is 2.17. The Morgan fingerprint density at radius 1 is 1.33 bits per heavy atom. The molecule has 0 aromatic heterocycles. The van der Waals surface area contributed by atoms with Crippen molar-refractivity contribution in [3.05, 3.63) is 34.9 Å². The lowest BCUT2D eigenvalue weighted by atomic mass is 9.92. The molecule has 100 valence electrons. The molecule has 1 aromatic carbocycles. The van der Waals surface area contributed by atoms with Crippen LogP contribution in [0.1, 0.15) is 25.3 Å². The van der Waals surface area contributed by atoms with E-state index in [1.807, 2.05) is 12.1 Å². The van der Waals surface area contributed by atoms with Crippen molar-refractivity contribution in [2.75, 3.05) is 20.1 Å². The third-order valence-electron chi connectivity index (χ3n) is 3.80. The molecule has 0 saturated carbocycles. The third-order valence-corrected chi connectivity index (χ3v) is 4.06. The maximum Gasteiger partial charge on any atom is 0.0406 e. The number of hydrogen-bond donors (Lipinski definition) is 1. The largest absolute Gasteiger partial charge is 0.312 e. The average molecular weight is 267 g/mol. The van der Waals surface area contributed by atoms with Crippen LogP contribution in [0.3, 0.4) is 0 Å². The number of nitrogens with zero attached hydrogens (tertiary/aromatic N) is 1. The number of piperidine rings is 1. The molecule has 1 aromatic rings. The minimum Gasteiger partial charge on any atom is -0.312 e. The molecule has 18 heavy (non-hydrogen) atoms. The summed E-state index contributed by atoms with van der Waals surface area (Å²) in [7, 11) is 2.19. The van der Waals surface area contributed by atoms with Gasteiger partial charge in [-0.1, -0.05) is 30.7 Å². The zero-order valence-corrected chi connectivity index (χ0v) is 12.1. The van der Waals surface area contributed by atoms with Crippen LogP contribution in [0.15, 0.2) is 24.3 Å². The molecule has 2 rings (SSSR count). The van der Waals surface area contributed by atoms with Crippen molar-refractivity contribution in [2.24, 2.45) is 5.92 Å². The van der Waals surface area contributed by atoms with Gasteiger partial charge in [0.2, 0.25) is 0 Å². The Kier molecular flexibility index (Phi) is 5.04. The predicted octanol–water partition coefficient (Wildman–Crippen LogP) is 3.16. The van der Waals surface area contributed by atoms with Crippen LogP contribution in [0.2, 0.25) is 5.02 Å². The van der Waals surface area contributed by atoms with Crippen molar-refractivity contribution in [3.63, 3.8) is 0 Å². The number of halogens is 1. The van der Waals surface area contributed by atoms with E-state index in [1.165, 1.54) is 24.9 Å². The van der Waals surface area contributed by atoms with Gasteiger partial charge in [0.15, 0.2) is 0 Å². The number of hydrogen-bond acceptors (Lipinski definition) is 2. The number of benzene rings is 1. The number of nitrogens with one attached hydrogen (secondary N) is 1. The van der Waals surface area contributed by atoms with Crippen LogP contribution in [0.4, 0.5) is 0 Å². The van der Waals surface area contributed by atoms with Crippen LogP contribution in [0.5, 0.6) is 0 Å². The highest BCUT2D eigenvalue weighted by Gasteiger charge is 2.21. The monoisotopic (exact) mass is 266 g/mol. The molecular formula is C15H23ClN2. The molecule has 0 bridgehead atoms. The molecule has 2 unspecified atom stereocenters. The van der Waals surface area contributed by atoms with E-state index in [0.717, 1.165) is 24.0 Å². The van der Waals surface area contributed by atoms with E-state index in [4.69, 9.17) is 11.6 Å². The lowest BCUT2D eigenvalue weighted by Crippen LogP contribution is -2.46. The lowest BCUT2D eigenvalue weighted by Gasteiger charge is -2.33. The van der Waals surface area contributed by atoms with Gasteiger partial charge >= 0.3 is 0 Å². The molecule has 0 radical (unpaired) electrons. The zero-order valence-electron chi connectivity index (χ0n) is 11.3. The fourth-order valence-corrected chi connectivity index (χ4v) is 2.79. The molecular weight excluding hydrogens is 244 g/mol. The quantitative estimate of drug-likeness (QED) is 0.901. The minimum atomic E-state index is 0.635. The molecule has 0 amide bonds. The molecule has 2 atom stereocenters. The molecule has 1 aliphatic rings. The smallest absolute Gasteiger partial charge is 0.0406 e. The van der Waals surface area contributed by atoms with Crippen molar-refractivity contribution in [1.29, 1.82) is 0 Å². The fraction of sp³-hybridized carbons (Fsp3) is 0.600. The van der Waals surface area contributed by atoms with Gasteiger partial charge in [-0.15, -0.1) is 0 Å². The maximum atomic E-state index is 5.90. The van der Waals surface area contributed by atoms with Gasteiger partial charge in [-0.05, 0) is 50.0 Å². The third kappa shape index (κ3) is 3.98. The molecule has 3 heteroatoms. The van der Waals surface area contributed by atoms with Crippen LogP contribution < -0.4 is 5.32 Å². The average Bonchev–Trinajstić information content (AvgIpc) is 2.35. The first-order chi connectivity index (χ1) is 8.65. The fourth-order valence-electron chi connectivity index (χ4n) is 2.66. The van der Waals surface area contributed by atoms with E-state index in [1.54, 1.807) is 0 Å². The summed E-state index contributed by atoms with van der Waals surface area (Å²) in [6.07, 6.45) is 2.67. The second-order valence-electron chi connectivity index (χ2n) is 5.50. The van der Waals surface area contributed by atoms with E-state index in [9.17, 15) is 0 Å². The van der Waals surface area contributed by atoms with Crippen molar-refractivity contribution in [1.82, 2.24) is 10.2 Å². The maximum absolute atomic E-state index is 5.90. The Morgan fingerprint density at radius 3 is 2.72 bits per heavy atom. The topological polar surface area (TPSA) is 15.3 Å². The van der Waals surface area contributed by atoms with Gasteiger partial charge in [0.25, 0.3) is 0 Å². The first-order valence-electron chi connectivity index (χ1n) is 6.81. The van der Waals surface area contributed by atoms with E-state index in [0.29, 0.717) is 6.04 Å². The standard InChI is InChI=1S/C15H23ClN2/c1-12-4-3-9-17-15(12)11-18(2)10-13-5-7-14(16)8-6-13/h5-8,12,15,17H,3-4,9-11H2,1-2H3. The Morgan fingerprint density at radius 2 is 2.06 bits per heavy atom. The summed E-state index contributed by atoms with van der Waals surface area (Å²) < 4.78 is 0. The van der Waals surface area contributed by atoms with Crippen LogP contribution in [0.25, 0.3) is 0 Å². The Bertz CT molecular complexity index is 363. The SMILES string of the molecule is CC1CCCNC1CN(C)Cc1ccc(Cl)cc1. The predicted molar refractivity (Wildman–Crippen MR) is 78.0 cm³/mol. The molecule has 1 heterocycles. The van der Waals surface area contributed by atoms with E-state index in [2.05, 4.69) is 36.3 Å². The summed E-state index contributed by atoms with van der Waals surface area (Å²) in [6, 6.07) is 8.78. The second-order valence-corrected chi connectivity index (χ2v) is 5.94. The van der Waals surface area contributed by atoms with Gasteiger partial charge in [-0.25, -0.2) is 0 Å². The first-order valence-corrected chi connectivity index (χ1v) is 7.19. The number of rotatable bonds is 4. The molecule has 1 saturated heterocycles. The molecule has 0 spiro atoms. The summed E-state index contributed by atoms with van der Waals surface area (Å²) in [5.41, 5.74) is 1.32. The Labute approximate surface area is 115 Å². The van der Waals surface area contributed by atoms with Gasteiger partial charge in [-0.3, -0.25) is 0 Å². The van der Waals surface area contributed by atoms with Gasteiger partial charge in [0, 0.05) is 24.2 Å². The molecule has 2 nitrogen and oxygen atoms in total. The minimum absolute atomic E-state index is 0.635. The summed E-state index contributed by atoms with van der Waals surface area (Å²) >= 11 is 5.90. The van der Waals surface area contributed by atoms with Gasteiger partial charge < -0.3 is 10.2 Å². The van der Waals surface area contributed by atoms with Crippen LogP contribution in [-0.4, -0.2) is 31.1 Å². The molecule has 0 aliphatic carbocycles. The van der Waals surface area contributed by atoms with Crippen molar-refractivity contribution in [3.8, 4) is 0 Å². The number of likely N-dealkylation sites (N-methyl/N-ethyl adjacent to an activating group) is 1. The van der Waals surface area contributed by atoms with Crippen LogP contribution in [-0.2, 0) is 6.54 Å². The Hall–Kier alpha value is -0.570. The molecule has 1 fully saturated rings.